The Labute approximate surface area is 201 Å². The summed E-state index contributed by atoms with van der Waals surface area (Å²) in [4.78, 5) is 30.4. The smallest absolute Gasteiger partial charge is 0.271 e. The Kier molecular flexibility index (Phi) is 6.04. The maximum Gasteiger partial charge on any atom is 0.271 e. The lowest BCUT2D eigenvalue weighted by molar-refractivity contribution is 0.127. The summed E-state index contributed by atoms with van der Waals surface area (Å²) in [7, 11) is 5.67. The lowest BCUT2D eigenvalue weighted by Gasteiger charge is -2.38. The van der Waals surface area contributed by atoms with Crippen LogP contribution in [-0.2, 0) is 0 Å². The van der Waals surface area contributed by atoms with Crippen molar-refractivity contribution in [1.29, 1.82) is 0 Å². The van der Waals surface area contributed by atoms with E-state index in [0.29, 0.717) is 40.8 Å². The summed E-state index contributed by atoms with van der Waals surface area (Å²) in [6, 6.07) is 1.48. The maximum atomic E-state index is 15.6. The minimum absolute atomic E-state index is 0. The molecule has 3 heterocycles. The molecule has 1 aromatic carbocycles. The minimum atomic E-state index is -0.483. The molecule has 3 aromatic rings. The van der Waals surface area contributed by atoms with E-state index in [-0.39, 0.29) is 34.8 Å². The van der Waals surface area contributed by atoms with E-state index in [0.717, 1.165) is 30.8 Å². The maximum absolute atomic E-state index is 15.6. The van der Waals surface area contributed by atoms with Gasteiger partial charge in [0.15, 0.2) is 11.6 Å². The first kappa shape index (κ1) is 24.0. The molecule has 2 fully saturated rings. The number of aromatic amines is 1. The Bertz CT molecular complexity index is 1340. The number of halogens is 2. The van der Waals surface area contributed by atoms with Gasteiger partial charge in [-0.3, -0.25) is 14.0 Å². The van der Waals surface area contributed by atoms with E-state index in [9.17, 15) is 9.59 Å². The second-order valence-corrected chi connectivity index (χ2v) is 10.6. The van der Waals surface area contributed by atoms with Gasteiger partial charge in [0.05, 0.1) is 18.0 Å². The number of H-pyrrole nitrogens is 1. The van der Waals surface area contributed by atoms with Gasteiger partial charge >= 0.3 is 0 Å². The fourth-order valence-electron chi connectivity index (χ4n) is 4.99. The Morgan fingerprint density at radius 2 is 1.94 bits per heavy atom. The fraction of sp³-hybridized carbons (Fsp3) is 0.565. The van der Waals surface area contributed by atoms with Gasteiger partial charge in [-0.2, -0.15) is 0 Å². The Hall–Kier alpha value is -2.10. The molecule has 1 saturated carbocycles. The molecule has 1 saturated heterocycles. The molecule has 7 nitrogen and oxygen atoms in total. The summed E-state index contributed by atoms with van der Waals surface area (Å²) >= 11 is 1.16. The average Bonchev–Trinajstić information content (AvgIpc) is 3.32. The first-order chi connectivity index (χ1) is 15.2. The van der Waals surface area contributed by atoms with E-state index in [4.69, 9.17) is 4.74 Å². The summed E-state index contributed by atoms with van der Waals surface area (Å²) in [5, 5.41) is 0.313. The third kappa shape index (κ3) is 3.56. The minimum Gasteiger partial charge on any atom is -0.492 e. The molecule has 1 aliphatic heterocycles. The molecular weight excluding hydrogens is 467 g/mol. The van der Waals surface area contributed by atoms with Crippen LogP contribution in [0.3, 0.4) is 0 Å². The highest BCUT2D eigenvalue weighted by Crippen LogP contribution is 2.46. The molecule has 1 aliphatic carbocycles. The van der Waals surface area contributed by atoms with E-state index in [1.54, 1.807) is 0 Å². The normalized spacial score (nSPS) is 19.0. The van der Waals surface area contributed by atoms with Crippen LogP contribution in [-0.4, -0.2) is 53.7 Å². The number of methoxy groups -OCH3 is 1. The van der Waals surface area contributed by atoms with Crippen molar-refractivity contribution in [2.75, 3.05) is 39.2 Å². The summed E-state index contributed by atoms with van der Waals surface area (Å²) < 4.78 is 26.1. The third-order valence-electron chi connectivity index (χ3n) is 7.57. The highest BCUT2D eigenvalue weighted by Gasteiger charge is 2.39. The quantitative estimate of drug-likeness (QED) is 0.578. The predicted octanol–water partition coefficient (Wildman–Crippen LogP) is 3.98. The van der Waals surface area contributed by atoms with Crippen molar-refractivity contribution >= 4 is 50.7 Å². The Morgan fingerprint density at radius 1 is 1.24 bits per heavy atom. The van der Waals surface area contributed by atoms with Crippen LogP contribution in [0.2, 0.25) is 0 Å². The van der Waals surface area contributed by atoms with Gasteiger partial charge in [-0.1, -0.05) is 0 Å². The van der Waals surface area contributed by atoms with Crippen molar-refractivity contribution in [2.45, 2.75) is 44.7 Å². The molecule has 2 aromatic heterocycles. The predicted molar refractivity (Wildman–Crippen MR) is 134 cm³/mol. The molecule has 10 heteroatoms. The van der Waals surface area contributed by atoms with Crippen LogP contribution in [0.5, 0.6) is 5.75 Å². The van der Waals surface area contributed by atoms with Crippen molar-refractivity contribution in [2.24, 2.45) is 5.92 Å². The number of nitrogens with one attached hydrogen (secondary N) is 1. The van der Waals surface area contributed by atoms with Crippen molar-refractivity contribution in [1.82, 2.24) is 13.8 Å². The van der Waals surface area contributed by atoms with Crippen LogP contribution in [0.25, 0.3) is 21.1 Å². The number of hydrogen-bond acceptors (Lipinski definition) is 6. The van der Waals surface area contributed by atoms with Crippen molar-refractivity contribution in [3.63, 3.8) is 0 Å². The molecule has 1 N–H and O–H groups in total. The second-order valence-electron chi connectivity index (χ2n) is 9.76. The number of hydrogen-bond donors (Lipinski definition) is 1. The number of pyridine rings is 1. The molecule has 0 bridgehead atoms. The number of benzene rings is 1. The number of nitrogens with zero attached hydrogens (tertiary/aromatic N) is 3. The van der Waals surface area contributed by atoms with Gasteiger partial charge in [0.1, 0.15) is 15.9 Å². The van der Waals surface area contributed by atoms with Crippen molar-refractivity contribution in [3.8, 4) is 5.75 Å². The summed E-state index contributed by atoms with van der Waals surface area (Å²) in [6.07, 6.45) is 2.86. The van der Waals surface area contributed by atoms with Crippen LogP contribution in [0.15, 0.2) is 15.7 Å². The SMILES string of the molecule is COc1c(N2CC[C@@H](C(C)(C)N(C)C)C2)c(F)cc2c(=O)c3c(=O)[nH]sc3n(C3CC3)c12.Cl. The fourth-order valence-corrected chi connectivity index (χ4v) is 5.91. The monoisotopic (exact) mass is 496 g/mol. The molecule has 180 valence electrons. The number of ether oxygens (including phenoxy) is 1. The highest BCUT2D eigenvalue weighted by molar-refractivity contribution is 7.12. The standard InChI is InChI=1S/C23H29FN4O3S.ClH/c1-23(2,26(3)4)12-8-9-27(11-12)18-15(24)10-14-17(20(18)31-5)28(13-6-7-13)22-16(19(14)29)21(30)25-32-22;/h10,12-13H,6-9,11H2,1-5H3,(H,25,30);1H/t12-;/m1./s1. The van der Waals surface area contributed by atoms with E-state index >= 15 is 4.39 Å². The van der Waals surface area contributed by atoms with E-state index in [1.165, 1.54) is 13.2 Å². The van der Waals surface area contributed by atoms with E-state index < -0.39 is 16.8 Å². The van der Waals surface area contributed by atoms with Gasteiger partial charge in [0.25, 0.3) is 5.56 Å². The number of rotatable bonds is 5. The second kappa shape index (κ2) is 8.29. The lowest BCUT2D eigenvalue weighted by atomic mass is 9.86. The van der Waals surface area contributed by atoms with Gasteiger partial charge in [-0.25, -0.2) is 4.39 Å². The third-order valence-corrected chi connectivity index (χ3v) is 8.45. The van der Waals surface area contributed by atoms with Gasteiger partial charge in [0, 0.05) is 24.7 Å². The lowest BCUT2D eigenvalue weighted by Crippen LogP contribution is -2.46. The van der Waals surface area contributed by atoms with Crippen molar-refractivity contribution in [3.05, 3.63) is 32.5 Å². The number of aromatic nitrogens is 2. The molecule has 33 heavy (non-hydrogen) atoms. The highest BCUT2D eigenvalue weighted by atomic mass is 35.5. The molecule has 0 spiro atoms. The van der Waals surface area contributed by atoms with Gasteiger partial charge < -0.3 is 19.1 Å². The molecule has 2 aliphatic rings. The van der Waals surface area contributed by atoms with Gasteiger partial charge in [-0.15, -0.1) is 12.4 Å². The van der Waals surface area contributed by atoms with E-state index in [1.807, 2.05) is 4.57 Å². The van der Waals surface area contributed by atoms with Crippen molar-refractivity contribution < 1.29 is 9.13 Å². The molecule has 0 amide bonds. The molecule has 5 rings (SSSR count). The Morgan fingerprint density at radius 3 is 2.55 bits per heavy atom. The molecule has 1 atom stereocenters. The Balaban J connectivity index is 0.00000259. The average molecular weight is 497 g/mol. The number of anilines is 1. The summed E-state index contributed by atoms with van der Waals surface area (Å²) in [6.45, 7) is 5.85. The van der Waals surface area contributed by atoms with Crippen LogP contribution >= 0.6 is 23.9 Å². The largest absolute Gasteiger partial charge is 0.492 e. The van der Waals surface area contributed by atoms with Crippen LogP contribution < -0.4 is 20.6 Å². The zero-order valence-electron chi connectivity index (χ0n) is 19.5. The first-order valence-corrected chi connectivity index (χ1v) is 11.9. The van der Waals surface area contributed by atoms with Crippen LogP contribution in [0, 0.1) is 11.7 Å². The summed E-state index contributed by atoms with van der Waals surface area (Å²) in [5.74, 6) is 0.262. The molecular formula is C23H30ClFN4O3S. The summed E-state index contributed by atoms with van der Waals surface area (Å²) in [5.41, 5.74) is 0.117. The van der Waals surface area contributed by atoms with E-state index in [2.05, 4.69) is 42.1 Å². The topological polar surface area (TPSA) is 70.6 Å². The van der Waals surface area contributed by atoms with Gasteiger partial charge in [0.2, 0.25) is 5.43 Å². The zero-order valence-corrected chi connectivity index (χ0v) is 21.2. The van der Waals surface area contributed by atoms with Gasteiger partial charge in [-0.05, 0) is 70.7 Å². The zero-order chi connectivity index (χ0) is 22.9. The first-order valence-electron chi connectivity index (χ1n) is 11.0. The molecule has 0 unspecified atom stereocenters. The van der Waals surface area contributed by atoms with Crippen LogP contribution in [0.1, 0.15) is 39.2 Å². The number of fused-ring (bicyclic) bond motifs is 2. The molecule has 0 radical (unpaired) electrons. The van der Waals surface area contributed by atoms with Crippen LogP contribution in [0.4, 0.5) is 10.1 Å².